The molecule has 0 saturated carbocycles. The Bertz CT molecular complexity index is 819. The van der Waals surface area contributed by atoms with E-state index >= 15 is 0 Å². The van der Waals surface area contributed by atoms with Crippen LogP contribution in [0.15, 0.2) is 47.6 Å². The summed E-state index contributed by atoms with van der Waals surface area (Å²) in [4.78, 5) is 23.3. The first kappa shape index (κ1) is 18.0. The van der Waals surface area contributed by atoms with Crippen LogP contribution in [0, 0.1) is 0 Å². The smallest absolute Gasteiger partial charge is 0.272 e. The molecule has 0 radical (unpaired) electrons. The van der Waals surface area contributed by atoms with Gasteiger partial charge in [-0.2, -0.15) is 5.10 Å². The molecule has 0 aliphatic carbocycles. The second kappa shape index (κ2) is 7.95. The molecule has 2 aromatic carbocycles. The molecule has 2 aromatic rings. The van der Waals surface area contributed by atoms with Crippen LogP contribution in [0.1, 0.15) is 29.8 Å². The van der Waals surface area contributed by atoms with Gasteiger partial charge in [0.25, 0.3) is 5.91 Å². The highest BCUT2D eigenvalue weighted by molar-refractivity contribution is 6.35. The number of benzene rings is 2. The maximum Gasteiger partial charge on any atom is 0.272 e. The second-order valence-electron chi connectivity index (χ2n) is 5.02. The van der Waals surface area contributed by atoms with Gasteiger partial charge in [-0.3, -0.25) is 9.59 Å². The van der Waals surface area contributed by atoms with Gasteiger partial charge < -0.3 is 5.32 Å². The molecule has 2 rings (SSSR count). The van der Waals surface area contributed by atoms with E-state index in [1.54, 1.807) is 37.3 Å². The summed E-state index contributed by atoms with van der Waals surface area (Å²) in [6, 6.07) is 11.8. The lowest BCUT2D eigenvalue weighted by atomic mass is 10.1. The highest BCUT2D eigenvalue weighted by Gasteiger charge is 2.10. The normalized spacial score (nSPS) is 11.1. The minimum Gasteiger partial charge on any atom is -0.326 e. The molecule has 5 nitrogen and oxygen atoms in total. The summed E-state index contributed by atoms with van der Waals surface area (Å²) in [5.41, 5.74) is 4.68. The van der Waals surface area contributed by atoms with E-state index in [-0.39, 0.29) is 16.5 Å². The molecule has 0 aliphatic rings. The van der Waals surface area contributed by atoms with Crippen LogP contribution in [0.5, 0.6) is 0 Å². The van der Waals surface area contributed by atoms with E-state index in [1.807, 2.05) is 6.07 Å². The predicted octanol–water partition coefficient (Wildman–Crippen LogP) is 4.11. The van der Waals surface area contributed by atoms with Crippen molar-refractivity contribution in [3.05, 3.63) is 63.6 Å². The van der Waals surface area contributed by atoms with Crippen molar-refractivity contribution >= 4 is 46.4 Å². The van der Waals surface area contributed by atoms with Crippen molar-refractivity contribution in [1.29, 1.82) is 0 Å². The third-order valence-electron chi connectivity index (χ3n) is 3.10. The molecule has 0 atom stereocenters. The van der Waals surface area contributed by atoms with Gasteiger partial charge in [0.1, 0.15) is 0 Å². The van der Waals surface area contributed by atoms with Crippen molar-refractivity contribution in [3.8, 4) is 0 Å². The first-order valence-corrected chi connectivity index (χ1v) is 7.80. The number of nitrogens with zero attached hydrogens (tertiary/aromatic N) is 1. The molecule has 0 aliphatic heterocycles. The summed E-state index contributed by atoms with van der Waals surface area (Å²) < 4.78 is 0. The Balaban J connectivity index is 2.15. The molecule has 0 heterocycles. The van der Waals surface area contributed by atoms with Crippen LogP contribution in [-0.2, 0) is 4.79 Å². The lowest BCUT2D eigenvalue weighted by Crippen LogP contribution is -2.19. The Kier molecular flexibility index (Phi) is 5.95. The maximum atomic E-state index is 12.1. The number of nitrogens with one attached hydrogen (secondary N) is 2. The fourth-order valence-electron chi connectivity index (χ4n) is 1.96. The van der Waals surface area contributed by atoms with Crippen LogP contribution in [0.25, 0.3) is 0 Å². The van der Waals surface area contributed by atoms with Crippen LogP contribution in [-0.4, -0.2) is 17.5 Å². The molecular weight excluding hydrogens is 349 g/mol. The molecule has 0 spiro atoms. The predicted molar refractivity (Wildman–Crippen MR) is 96.9 cm³/mol. The molecule has 0 saturated heterocycles. The van der Waals surface area contributed by atoms with Crippen LogP contribution in [0.3, 0.4) is 0 Å². The number of rotatable bonds is 4. The number of anilines is 1. The van der Waals surface area contributed by atoms with E-state index in [2.05, 4.69) is 15.8 Å². The number of hydrazone groups is 1. The maximum absolute atomic E-state index is 12.1. The zero-order valence-electron chi connectivity index (χ0n) is 13.1. The minimum absolute atomic E-state index is 0.161. The van der Waals surface area contributed by atoms with E-state index in [1.165, 1.54) is 13.0 Å². The zero-order valence-corrected chi connectivity index (χ0v) is 14.6. The average molecular weight is 364 g/mol. The van der Waals surface area contributed by atoms with E-state index in [9.17, 15) is 9.59 Å². The van der Waals surface area contributed by atoms with Crippen LogP contribution < -0.4 is 10.7 Å². The lowest BCUT2D eigenvalue weighted by molar-refractivity contribution is -0.114. The summed E-state index contributed by atoms with van der Waals surface area (Å²) in [5.74, 6) is -0.620. The van der Waals surface area contributed by atoms with Gasteiger partial charge in [0.15, 0.2) is 0 Å². The number of amides is 2. The highest BCUT2D eigenvalue weighted by atomic mass is 35.5. The number of carbonyl (C=O) groups is 2. The fraction of sp³-hybridized carbons (Fsp3) is 0.118. The van der Waals surface area contributed by atoms with E-state index < -0.39 is 5.91 Å². The quantitative estimate of drug-likeness (QED) is 0.633. The molecule has 0 bridgehead atoms. The van der Waals surface area contributed by atoms with Crippen LogP contribution in [0.4, 0.5) is 5.69 Å². The molecule has 7 heteroatoms. The molecule has 2 amide bonds. The van der Waals surface area contributed by atoms with Crippen molar-refractivity contribution in [2.24, 2.45) is 5.10 Å². The van der Waals surface area contributed by atoms with E-state index in [0.717, 1.165) is 5.56 Å². The molecule has 2 N–H and O–H groups in total. The van der Waals surface area contributed by atoms with Gasteiger partial charge in [0.2, 0.25) is 5.91 Å². The van der Waals surface area contributed by atoms with Gasteiger partial charge in [0.05, 0.1) is 16.3 Å². The largest absolute Gasteiger partial charge is 0.326 e. The van der Waals surface area contributed by atoms with Crippen molar-refractivity contribution in [2.75, 3.05) is 5.32 Å². The van der Waals surface area contributed by atoms with Crippen LogP contribution >= 0.6 is 23.2 Å². The summed E-state index contributed by atoms with van der Waals surface area (Å²) >= 11 is 11.9. The topological polar surface area (TPSA) is 70.6 Å². The Labute approximate surface area is 149 Å². The number of hydrogen-bond acceptors (Lipinski definition) is 3. The highest BCUT2D eigenvalue weighted by Crippen LogP contribution is 2.20. The number of carbonyl (C=O) groups excluding carboxylic acids is 2. The van der Waals surface area contributed by atoms with Crippen molar-refractivity contribution in [3.63, 3.8) is 0 Å². The summed E-state index contributed by atoms with van der Waals surface area (Å²) in [5, 5.41) is 7.46. The zero-order chi connectivity index (χ0) is 17.7. The van der Waals surface area contributed by atoms with Gasteiger partial charge in [-0.1, -0.05) is 35.3 Å². The summed E-state index contributed by atoms with van der Waals surface area (Å²) in [6.45, 7) is 3.18. The molecule has 0 fully saturated rings. The van der Waals surface area contributed by atoms with E-state index in [0.29, 0.717) is 16.4 Å². The Morgan fingerprint density at radius 2 is 1.79 bits per heavy atom. The number of halogens is 2. The first-order chi connectivity index (χ1) is 11.4. The van der Waals surface area contributed by atoms with Gasteiger partial charge in [-0.25, -0.2) is 5.43 Å². The molecule has 0 unspecified atom stereocenters. The Morgan fingerprint density at radius 3 is 2.50 bits per heavy atom. The Morgan fingerprint density at radius 1 is 1.04 bits per heavy atom. The van der Waals surface area contributed by atoms with Gasteiger partial charge >= 0.3 is 0 Å². The SMILES string of the molecule is CC(=O)Nc1cccc(/C(C)=N\NC(=O)c2cc(Cl)ccc2Cl)c1. The third kappa shape index (κ3) is 4.81. The first-order valence-electron chi connectivity index (χ1n) is 7.04. The number of hydrogen-bond donors (Lipinski definition) is 2. The van der Waals surface area contributed by atoms with Crippen LogP contribution in [0.2, 0.25) is 10.0 Å². The lowest BCUT2D eigenvalue weighted by Gasteiger charge is -2.07. The Hall–Kier alpha value is -2.37. The molecular formula is C17H15Cl2N3O2. The van der Waals surface area contributed by atoms with Crippen molar-refractivity contribution in [1.82, 2.24) is 5.43 Å². The van der Waals surface area contributed by atoms with Crippen molar-refractivity contribution in [2.45, 2.75) is 13.8 Å². The standard InChI is InChI=1S/C17H15Cl2N3O2/c1-10(12-4-3-5-14(8-12)20-11(2)23)21-22-17(24)15-9-13(18)6-7-16(15)19/h3-9H,1-2H3,(H,20,23)(H,22,24)/b21-10-. The summed E-state index contributed by atoms with van der Waals surface area (Å²) in [6.07, 6.45) is 0. The average Bonchev–Trinajstić information content (AvgIpc) is 2.54. The minimum atomic E-state index is -0.458. The fourth-order valence-corrected chi connectivity index (χ4v) is 2.33. The van der Waals surface area contributed by atoms with Gasteiger partial charge in [-0.05, 0) is 42.8 Å². The van der Waals surface area contributed by atoms with Gasteiger partial charge in [0, 0.05) is 17.6 Å². The van der Waals surface area contributed by atoms with E-state index in [4.69, 9.17) is 23.2 Å². The molecule has 0 aromatic heterocycles. The molecule has 124 valence electrons. The third-order valence-corrected chi connectivity index (χ3v) is 3.66. The van der Waals surface area contributed by atoms with Crippen molar-refractivity contribution < 1.29 is 9.59 Å². The summed E-state index contributed by atoms with van der Waals surface area (Å²) in [7, 11) is 0. The monoisotopic (exact) mass is 363 g/mol. The molecule has 24 heavy (non-hydrogen) atoms. The van der Waals surface area contributed by atoms with Gasteiger partial charge in [-0.15, -0.1) is 0 Å². The second-order valence-corrected chi connectivity index (χ2v) is 5.87.